The molecule has 0 aliphatic carbocycles. The number of fused-ring (bicyclic) bond motifs is 5. The van der Waals surface area contributed by atoms with Crippen LogP contribution in [0.2, 0.25) is 0 Å². The number of carbonyl (C=O) groups is 3. The predicted molar refractivity (Wildman–Crippen MR) is 112 cm³/mol. The molecular weight excluding hydrogens is 364 g/mol. The Labute approximate surface area is 169 Å². The Morgan fingerprint density at radius 1 is 0.897 bits per heavy atom. The molecule has 0 N–H and O–H groups in total. The second-order valence-corrected chi connectivity index (χ2v) is 8.18. The lowest BCUT2D eigenvalue weighted by molar-refractivity contribution is -0.126. The second kappa shape index (κ2) is 6.14. The molecule has 0 unspecified atom stereocenters. The summed E-state index contributed by atoms with van der Waals surface area (Å²) >= 11 is 0. The SMILES string of the molecule is CC(=O)[C@@H]1[C@@H]2C(=O)N(c3c(C)cccc3C)C(=O)[C@H]2[C@H]2C=Cc3ccccc3N21. The van der Waals surface area contributed by atoms with Gasteiger partial charge in [-0.3, -0.25) is 14.4 Å². The summed E-state index contributed by atoms with van der Waals surface area (Å²) in [6.07, 6.45) is 3.97. The van der Waals surface area contributed by atoms with Crippen molar-refractivity contribution in [1.29, 1.82) is 0 Å². The number of hydrogen-bond donors (Lipinski definition) is 0. The third-order valence-electron chi connectivity index (χ3n) is 6.49. The molecule has 0 bridgehead atoms. The smallest absolute Gasteiger partial charge is 0.240 e. The van der Waals surface area contributed by atoms with E-state index in [0.717, 1.165) is 22.4 Å². The van der Waals surface area contributed by atoms with E-state index in [9.17, 15) is 14.4 Å². The second-order valence-electron chi connectivity index (χ2n) is 8.18. The summed E-state index contributed by atoms with van der Waals surface area (Å²) in [6.45, 7) is 5.33. The van der Waals surface area contributed by atoms with Crippen LogP contribution in [-0.2, 0) is 14.4 Å². The Morgan fingerprint density at radius 3 is 2.24 bits per heavy atom. The number of para-hydroxylation sites is 2. The Balaban J connectivity index is 1.66. The molecule has 0 radical (unpaired) electrons. The number of amides is 2. The monoisotopic (exact) mass is 386 g/mol. The number of rotatable bonds is 2. The van der Waals surface area contributed by atoms with E-state index in [1.165, 1.54) is 11.8 Å². The highest BCUT2D eigenvalue weighted by Gasteiger charge is 2.63. The Morgan fingerprint density at radius 2 is 1.55 bits per heavy atom. The zero-order valence-corrected chi connectivity index (χ0v) is 16.6. The summed E-state index contributed by atoms with van der Waals surface area (Å²) in [5.41, 5.74) is 4.33. The van der Waals surface area contributed by atoms with Crippen LogP contribution in [0, 0.1) is 25.7 Å². The van der Waals surface area contributed by atoms with Crippen molar-refractivity contribution >= 4 is 35.0 Å². The van der Waals surface area contributed by atoms with E-state index in [-0.39, 0.29) is 23.6 Å². The van der Waals surface area contributed by atoms with Crippen LogP contribution in [0.3, 0.4) is 0 Å². The van der Waals surface area contributed by atoms with Gasteiger partial charge in [-0.2, -0.15) is 0 Å². The summed E-state index contributed by atoms with van der Waals surface area (Å²) in [5.74, 6) is -1.78. The van der Waals surface area contributed by atoms with Crippen molar-refractivity contribution in [2.45, 2.75) is 32.9 Å². The lowest BCUT2D eigenvalue weighted by Gasteiger charge is -2.36. The maximum atomic E-state index is 13.6. The third-order valence-corrected chi connectivity index (χ3v) is 6.49. The van der Waals surface area contributed by atoms with E-state index in [1.807, 2.05) is 73.4 Å². The van der Waals surface area contributed by atoms with Crippen molar-refractivity contribution in [2.75, 3.05) is 9.80 Å². The number of imide groups is 1. The van der Waals surface area contributed by atoms with Gasteiger partial charge >= 0.3 is 0 Å². The van der Waals surface area contributed by atoms with Gasteiger partial charge in [0.05, 0.1) is 23.6 Å². The van der Waals surface area contributed by atoms with Crippen LogP contribution in [0.25, 0.3) is 6.08 Å². The zero-order valence-electron chi connectivity index (χ0n) is 16.6. The molecule has 5 heteroatoms. The number of ketones is 1. The van der Waals surface area contributed by atoms with Crippen molar-refractivity contribution < 1.29 is 14.4 Å². The van der Waals surface area contributed by atoms with Crippen molar-refractivity contribution in [3.05, 3.63) is 65.2 Å². The Bertz CT molecular complexity index is 1080. The molecule has 4 atom stereocenters. The van der Waals surface area contributed by atoms with Crippen LogP contribution in [0.4, 0.5) is 11.4 Å². The van der Waals surface area contributed by atoms with Gasteiger partial charge in [0, 0.05) is 5.69 Å². The van der Waals surface area contributed by atoms with Gasteiger partial charge < -0.3 is 4.90 Å². The molecule has 3 heterocycles. The van der Waals surface area contributed by atoms with Gasteiger partial charge in [-0.15, -0.1) is 0 Å². The molecule has 0 saturated carbocycles. The highest BCUT2D eigenvalue weighted by atomic mass is 16.2. The highest BCUT2D eigenvalue weighted by molar-refractivity contribution is 6.25. The third kappa shape index (κ3) is 2.30. The highest BCUT2D eigenvalue weighted by Crippen LogP contribution is 2.49. The van der Waals surface area contributed by atoms with Gasteiger partial charge in [-0.1, -0.05) is 48.6 Å². The number of nitrogens with zero attached hydrogens (tertiary/aromatic N) is 2. The molecule has 2 fully saturated rings. The minimum atomic E-state index is -0.667. The fraction of sp³-hybridized carbons (Fsp3) is 0.292. The molecule has 5 rings (SSSR count). The van der Waals surface area contributed by atoms with Crippen LogP contribution in [0.5, 0.6) is 0 Å². The van der Waals surface area contributed by atoms with Gasteiger partial charge in [-0.05, 0) is 43.5 Å². The van der Waals surface area contributed by atoms with Crippen molar-refractivity contribution in [2.24, 2.45) is 11.8 Å². The van der Waals surface area contributed by atoms with Crippen molar-refractivity contribution in [3.8, 4) is 0 Å². The molecule has 29 heavy (non-hydrogen) atoms. The minimum Gasteiger partial charge on any atom is -0.353 e. The fourth-order valence-corrected chi connectivity index (χ4v) is 5.35. The summed E-state index contributed by atoms with van der Waals surface area (Å²) < 4.78 is 0. The maximum absolute atomic E-state index is 13.6. The molecule has 0 aromatic heterocycles. The van der Waals surface area contributed by atoms with Crippen molar-refractivity contribution in [3.63, 3.8) is 0 Å². The first-order chi connectivity index (χ1) is 13.9. The summed E-state index contributed by atoms with van der Waals surface area (Å²) in [6, 6.07) is 12.6. The number of benzene rings is 2. The number of anilines is 2. The van der Waals surface area contributed by atoms with Crippen LogP contribution in [0.1, 0.15) is 23.6 Å². The molecule has 3 aliphatic rings. The van der Waals surface area contributed by atoms with E-state index in [4.69, 9.17) is 0 Å². The molecule has 2 amide bonds. The Hall–Kier alpha value is -3.21. The van der Waals surface area contributed by atoms with Gasteiger partial charge in [0.15, 0.2) is 5.78 Å². The Kier molecular flexibility index (Phi) is 3.78. The average Bonchev–Trinajstić information content (AvgIpc) is 3.17. The summed E-state index contributed by atoms with van der Waals surface area (Å²) in [7, 11) is 0. The van der Waals surface area contributed by atoms with E-state index < -0.39 is 17.9 Å². The molecule has 2 aromatic carbocycles. The van der Waals surface area contributed by atoms with Crippen LogP contribution in [-0.4, -0.2) is 29.7 Å². The van der Waals surface area contributed by atoms with Crippen LogP contribution in [0.15, 0.2) is 48.5 Å². The lowest BCUT2D eigenvalue weighted by atomic mass is 9.88. The first-order valence-corrected chi connectivity index (χ1v) is 9.92. The zero-order chi connectivity index (χ0) is 20.4. The average molecular weight is 386 g/mol. The molecule has 0 spiro atoms. The van der Waals surface area contributed by atoms with E-state index in [2.05, 4.69) is 0 Å². The predicted octanol–water partition coefficient (Wildman–Crippen LogP) is 3.28. The molecular formula is C24H22N2O3. The molecule has 146 valence electrons. The maximum Gasteiger partial charge on any atom is 0.240 e. The quantitative estimate of drug-likeness (QED) is 0.744. The summed E-state index contributed by atoms with van der Waals surface area (Å²) in [5, 5.41) is 0. The largest absolute Gasteiger partial charge is 0.353 e. The van der Waals surface area contributed by atoms with Crippen LogP contribution < -0.4 is 9.80 Å². The number of hydrogen-bond acceptors (Lipinski definition) is 4. The number of carbonyl (C=O) groups excluding carboxylic acids is 3. The first-order valence-electron chi connectivity index (χ1n) is 9.92. The van der Waals surface area contributed by atoms with Crippen molar-refractivity contribution in [1.82, 2.24) is 0 Å². The molecule has 5 nitrogen and oxygen atoms in total. The van der Waals surface area contributed by atoms with Crippen LogP contribution >= 0.6 is 0 Å². The van der Waals surface area contributed by atoms with E-state index in [0.29, 0.717) is 5.69 Å². The van der Waals surface area contributed by atoms with Gasteiger partial charge in [-0.25, -0.2) is 4.90 Å². The molecule has 2 saturated heterocycles. The molecule has 2 aromatic rings. The first kappa shape index (κ1) is 17.9. The van der Waals surface area contributed by atoms with E-state index >= 15 is 0 Å². The van der Waals surface area contributed by atoms with Gasteiger partial charge in [0.25, 0.3) is 0 Å². The minimum absolute atomic E-state index is 0.0860. The number of Topliss-reactive ketones (excluding diaryl/α,β-unsaturated/α-hetero) is 1. The standard InChI is InChI=1S/C24H22N2O3/c1-13-7-6-8-14(2)21(13)26-23(28)19-18-12-11-16-9-4-5-10-17(16)25(18)22(15(3)27)20(19)24(26)29/h4-12,18-20,22H,1-3H3/t18-,19+,20-,22-/m1/s1. The molecule has 3 aliphatic heterocycles. The fourth-order valence-electron chi connectivity index (χ4n) is 5.35. The number of aryl methyl sites for hydroxylation is 2. The normalized spacial score (nSPS) is 27.1. The van der Waals surface area contributed by atoms with Gasteiger partial charge in [0.2, 0.25) is 11.8 Å². The topological polar surface area (TPSA) is 57.7 Å². The van der Waals surface area contributed by atoms with E-state index in [1.54, 1.807) is 0 Å². The van der Waals surface area contributed by atoms with Gasteiger partial charge in [0.1, 0.15) is 6.04 Å². The lowest BCUT2D eigenvalue weighted by Crippen LogP contribution is -2.48. The summed E-state index contributed by atoms with van der Waals surface area (Å²) in [4.78, 5) is 43.2.